The number of rotatable bonds is 5. The average molecular weight is 366 g/mol. The van der Waals surface area contributed by atoms with Gasteiger partial charge in [-0.25, -0.2) is 4.79 Å². The number of aryl methyl sites for hydroxylation is 2. The number of esters is 1. The van der Waals surface area contributed by atoms with Crippen molar-refractivity contribution in [3.8, 4) is 5.75 Å². The average Bonchev–Trinajstić information content (AvgIpc) is 3.09. The second kappa shape index (κ2) is 7.53. The van der Waals surface area contributed by atoms with Crippen LogP contribution in [0.1, 0.15) is 37.5 Å². The number of amides is 1. The number of aromatic nitrogens is 1. The highest BCUT2D eigenvalue weighted by molar-refractivity contribution is 5.99. The van der Waals surface area contributed by atoms with Crippen LogP contribution in [0.2, 0.25) is 0 Å². The third-order valence-corrected chi connectivity index (χ3v) is 4.46. The predicted molar refractivity (Wildman–Crippen MR) is 103 cm³/mol. The van der Waals surface area contributed by atoms with Crippen molar-refractivity contribution in [1.82, 2.24) is 10.3 Å². The molecular weight excluding hydrogens is 344 g/mol. The molecule has 1 heterocycles. The summed E-state index contributed by atoms with van der Waals surface area (Å²) >= 11 is 0. The number of carbonyl (C=O) groups excluding carboxylic acids is 2. The SMILES string of the molecule is COC(=O)c1cc(CNC(=O)c2cc3c(C)cc(C)cc3[nH]2)ccc1OC. The molecule has 1 aromatic heterocycles. The lowest BCUT2D eigenvalue weighted by Gasteiger charge is -2.10. The van der Waals surface area contributed by atoms with Gasteiger partial charge in [-0.2, -0.15) is 0 Å². The van der Waals surface area contributed by atoms with E-state index in [0.29, 0.717) is 17.0 Å². The minimum Gasteiger partial charge on any atom is -0.496 e. The van der Waals surface area contributed by atoms with E-state index in [9.17, 15) is 9.59 Å². The fraction of sp³-hybridized carbons (Fsp3) is 0.238. The van der Waals surface area contributed by atoms with E-state index in [2.05, 4.69) is 16.4 Å². The number of benzene rings is 2. The number of nitrogens with one attached hydrogen (secondary N) is 2. The molecule has 0 spiro atoms. The summed E-state index contributed by atoms with van der Waals surface area (Å²) in [7, 11) is 2.80. The number of hydrogen-bond acceptors (Lipinski definition) is 4. The summed E-state index contributed by atoms with van der Waals surface area (Å²) in [6, 6.07) is 11.1. The fourth-order valence-electron chi connectivity index (χ4n) is 3.13. The van der Waals surface area contributed by atoms with Gasteiger partial charge in [-0.3, -0.25) is 4.79 Å². The maximum absolute atomic E-state index is 12.5. The van der Waals surface area contributed by atoms with Gasteiger partial charge in [0.25, 0.3) is 5.91 Å². The molecule has 6 heteroatoms. The summed E-state index contributed by atoms with van der Waals surface area (Å²) < 4.78 is 9.95. The molecule has 3 rings (SSSR count). The maximum Gasteiger partial charge on any atom is 0.341 e. The van der Waals surface area contributed by atoms with Gasteiger partial charge in [-0.1, -0.05) is 12.1 Å². The Kier molecular flexibility index (Phi) is 5.16. The van der Waals surface area contributed by atoms with Gasteiger partial charge in [0.15, 0.2) is 0 Å². The zero-order valence-electron chi connectivity index (χ0n) is 15.8. The van der Waals surface area contributed by atoms with Crippen molar-refractivity contribution in [2.75, 3.05) is 14.2 Å². The van der Waals surface area contributed by atoms with Gasteiger partial charge in [-0.05, 0) is 54.8 Å². The number of aromatic amines is 1. The highest BCUT2D eigenvalue weighted by atomic mass is 16.5. The maximum atomic E-state index is 12.5. The Balaban J connectivity index is 1.78. The van der Waals surface area contributed by atoms with E-state index in [4.69, 9.17) is 9.47 Å². The lowest BCUT2D eigenvalue weighted by molar-refractivity contribution is 0.0597. The first-order chi connectivity index (χ1) is 12.9. The van der Waals surface area contributed by atoms with Crippen LogP contribution in [0.5, 0.6) is 5.75 Å². The van der Waals surface area contributed by atoms with Gasteiger partial charge in [0, 0.05) is 17.4 Å². The standard InChI is InChI=1S/C21H22N2O4/c1-12-7-13(2)15-10-18(23-17(15)8-12)20(24)22-11-14-5-6-19(26-3)16(9-14)21(25)27-4/h5-10,23H,11H2,1-4H3,(H,22,24). The molecule has 0 saturated heterocycles. The zero-order chi connectivity index (χ0) is 19.6. The second-order valence-electron chi connectivity index (χ2n) is 6.43. The number of carbonyl (C=O) groups is 2. The van der Waals surface area contributed by atoms with Crippen molar-refractivity contribution < 1.29 is 19.1 Å². The minimum atomic E-state index is -0.485. The molecule has 2 N–H and O–H groups in total. The van der Waals surface area contributed by atoms with Crippen LogP contribution >= 0.6 is 0 Å². The number of ether oxygens (including phenoxy) is 2. The van der Waals surface area contributed by atoms with Gasteiger partial charge in [-0.15, -0.1) is 0 Å². The molecule has 0 aliphatic heterocycles. The van der Waals surface area contributed by atoms with Crippen LogP contribution in [0.3, 0.4) is 0 Å². The molecular formula is C21H22N2O4. The molecule has 3 aromatic rings. The number of hydrogen-bond donors (Lipinski definition) is 2. The largest absolute Gasteiger partial charge is 0.496 e. The Labute approximate surface area is 157 Å². The Hall–Kier alpha value is -3.28. The molecule has 0 aliphatic rings. The van der Waals surface area contributed by atoms with Gasteiger partial charge >= 0.3 is 5.97 Å². The van der Waals surface area contributed by atoms with Crippen molar-refractivity contribution in [3.05, 3.63) is 64.3 Å². The molecule has 27 heavy (non-hydrogen) atoms. The molecule has 0 aliphatic carbocycles. The van der Waals surface area contributed by atoms with Crippen molar-refractivity contribution in [1.29, 1.82) is 0 Å². The van der Waals surface area contributed by atoms with Crippen molar-refractivity contribution in [3.63, 3.8) is 0 Å². The van der Waals surface area contributed by atoms with Gasteiger partial charge in [0.1, 0.15) is 17.0 Å². The lowest BCUT2D eigenvalue weighted by atomic mass is 10.1. The van der Waals surface area contributed by atoms with Crippen LogP contribution in [-0.4, -0.2) is 31.1 Å². The quantitative estimate of drug-likeness (QED) is 0.677. The molecule has 0 fully saturated rings. The summed E-state index contributed by atoms with van der Waals surface area (Å²) in [6.45, 7) is 4.33. The lowest BCUT2D eigenvalue weighted by Crippen LogP contribution is -2.23. The second-order valence-corrected chi connectivity index (χ2v) is 6.43. The first-order valence-electron chi connectivity index (χ1n) is 8.56. The number of fused-ring (bicyclic) bond motifs is 1. The fourth-order valence-corrected chi connectivity index (χ4v) is 3.13. The van der Waals surface area contributed by atoms with Crippen LogP contribution < -0.4 is 10.1 Å². The Bertz CT molecular complexity index is 1020. The Morgan fingerprint density at radius 3 is 2.56 bits per heavy atom. The number of methoxy groups -OCH3 is 2. The monoisotopic (exact) mass is 366 g/mol. The molecule has 0 saturated carbocycles. The highest BCUT2D eigenvalue weighted by Crippen LogP contribution is 2.22. The first kappa shape index (κ1) is 18.5. The highest BCUT2D eigenvalue weighted by Gasteiger charge is 2.15. The molecule has 140 valence electrons. The molecule has 1 amide bonds. The summed E-state index contributed by atoms with van der Waals surface area (Å²) in [5.41, 5.74) is 4.80. The van der Waals surface area contributed by atoms with E-state index in [-0.39, 0.29) is 12.5 Å². The van der Waals surface area contributed by atoms with Crippen molar-refractivity contribution in [2.24, 2.45) is 0 Å². The summed E-state index contributed by atoms with van der Waals surface area (Å²) in [5, 5.41) is 3.90. The van der Waals surface area contributed by atoms with Crippen molar-refractivity contribution in [2.45, 2.75) is 20.4 Å². The van der Waals surface area contributed by atoms with E-state index >= 15 is 0 Å². The number of H-pyrrole nitrogens is 1. The van der Waals surface area contributed by atoms with E-state index in [1.165, 1.54) is 14.2 Å². The van der Waals surface area contributed by atoms with E-state index < -0.39 is 5.97 Å². The molecule has 0 unspecified atom stereocenters. The van der Waals surface area contributed by atoms with Crippen molar-refractivity contribution >= 4 is 22.8 Å². The van der Waals surface area contributed by atoms with Crippen LogP contribution in [-0.2, 0) is 11.3 Å². The molecule has 2 aromatic carbocycles. The molecule has 6 nitrogen and oxygen atoms in total. The predicted octanol–water partition coefficient (Wildman–Crippen LogP) is 3.51. The summed E-state index contributed by atoms with van der Waals surface area (Å²) in [4.78, 5) is 27.6. The van der Waals surface area contributed by atoms with E-state index in [1.54, 1.807) is 18.2 Å². The van der Waals surface area contributed by atoms with Crippen LogP contribution in [0, 0.1) is 13.8 Å². The van der Waals surface area contributed by atoms with Crippen LogP contribution in [0.4, 0.5) is 0 Å². The van der Waals surface area contributed by atoms with Crippen LogP contribution in [0.25, 0.3) is 10.9 Å². The van der Waals surface area contributed by atoms with E-state index in [1.807, 2.05) is 26.0 Å². The minimum absolute atomic E-state index is 0.210. The Morgan fingerprint density at radius 2 is 1.85 bits per heavy atom. The smallest absolute Gasteiger partial charge is 0.341 e. The topological polar surface area (TPSA) is 80.4 Å². The first-order valence-corrected chi connectivity index (χ1v) is 8.56. The molecule has 0 bridgehead atoms. The van der Waals surface area contributed by atoms with Gasteiger partial charge in [0.05, 0.1) is 14.2 Å². The third-order valence-electron chi connectivity index (χ3n) is 4.46. The van der Waals surface area contributed by atoms with Gasteiger partial charge < -0.3 is 19.8 Å². The van der Waals surface area contributed by atoms with Crippen LogP contribution in [0.15, 0.2) is 36.4 Å². The zero-order valence-corrected chi connectivity index (χ0v) is 15.8. The normalized spacial score (nSPS) is 10.7. The molecule has 0 radical (unpaired) electrons. The third kappa shape index (κ3) is 3.79. The molecule has 0 atom stereocenters. The summed E-state index contributed by atoms with van der Waals surface area (Å²) in [6.07, 6.45) is 0. The Morgan fingerprint density at radius 1 is 1.07 bits per heavy atom. The van der Waals surface area contributed by atoms with E-state index in [0.717, 1.165) is 27.6 Å². The van der Waals surface area contributed by atoms with Gasteiger partial charge in [0.2, 0.25) is 0 Å². The summed E-state index contributed by atoms with van der Waals surface area (Å²) in [5.74, 6) is -0.265.